The Labute approximate surface area is 194 Å². The van der Waals surface area contributed by atoms with Crippen LogP contribution in [0.2, 0.25) is 0 Å². The molecule has 4 aromatic rings. The minimum absolute atomic E-state index is 0.392. The summed E-state index contributed by atoms with van der Waals surface area (Å²) in [5.74, 6) is -0.716. The Kier molecular flexibility index (Phi) is 5.73. The fourth-order valence-corrected chi connectivity index (χ4v) is 5.10. The van der Waals surface area contributed by atoms with Gasteiger partial charge in [0.25, 0.3) is 0 Å². The van der Waals surface area contributed by atoms with E-state index in [0.29, 0.717) is 6.54 Å². The second-order valence-corrected chi connectivity index (χ2v) is 9.05. The highest BCUT2D eigenvalue weighted by Crippen LogP contribution is 2.32. The summed E-state index contributed by atoms with van der Waals surface area (Å²) in [4.78, 5) is 18.8. The third-order valence-corrected chi connectivity index (χ3v) is 6.77. The van der Waals surface area contributed by atoms with Crippen LogP contribution in [-0.2, 0) is 11.3 Å². The molecule has 0 aliphatic carbocycles. The van der Waals surface area contributed by atoms with Crippen molar-refractivity contribution >= 4 is 11.6 Å². The number of hydrogen-bond acceptors (Lipinski definition) is 3. The van der Waals surface area contributed by atoms with E-state index in [1.807, 2.05) is 6.07 Å². The van der Waals surface area contributed by atoms with Crippen molar-refractivity contribution in [2.45, 2.75) is 45.7 Å². The maximum Gasteiger partial charge on any atom is 0.320 e. The Morgan fingerprint density at radius 3 is 2.61 bits per heavy atom. The zero-order valence-electron chi connectivity index (χ0n) is 19.2. The molecule has 1 aliphatic rings. The summed E-state index contributed by atoms with van der Waals surface area (Å²) in [7, 11) is 0. The summed E-state index contributed by atoms with van der Waals surface area (Å²) in [5, 5.41) is 9.62. The molecule has 0 amide bonds. The summed E-state index contributed by atoms with van der Waals surface area (Å²) < 4.78 is 2.09. The van der Waals surface area contributed by atoms with Crippen LogP contribution in [0, 0.1) is 13.8 Å². The average Bonchev–Trinajstić information content (AvgIpc) is 3.24. The summed E-state index contributed by atoms with van der Waals surface area (Å²) in [6.45, 7) is 5.70. The number of aliphatic carboxylic acids is 1. The van der Waals surface area contributed by atoms with Gasteiger partial charge in [0, 0.05) is 24.5 Å². The van der Waals surface area contributed by atoms with Gasteiger partial charge in [0.1, 0.15) is 11.7 Å². The van der Waals surface area contributed by atoms with Gasteiger partial charge in [-0.2, -0.15) is 0 Å². The van der Waals surface area contributed by atoms with E-state index in [1.54, 1.807) is 0 Å². The van der Waals surface area contributed by atoms with Gasteiger partial charge in [0.05, 0.1) is 5.69 Å². The number of carboxylic acids is 1. The molecule has 1 saturated heterocycles. The molecule has 0 radical (unpaired) electrons. The first kappa shape index (κ1) is 21.4. The number of aromatic nitrogens is 2. The van der Waals surface area contributed by atoms with Crippen LogP contribution in [0.1, 0.15) is 36.0 Å². The predicted molar refractivity (Wildman–Crippen MR) is 131 cm³/mol. The maximum absolute atomic E-state index is 11.7. The zero-order valence-corrected chi connectivity index (χ0v) is 19.2. The molecule has 0 bridgehead atoms. The SMILES string of the molecule is Cc1c(-c2ccccc2)cccc1-c1cn2cc(CN3CCCC[C@H]3C(=O)O)cc(C)c2n1. The topological polar surface area (TPSA) is 57.8 Å². The smallest absolute Gasteiger partial charge is 0.320 e. The van der Waals surface area contributed by atoms with Crippen molar-refractivity contribution in [2.24, 2.45) is 0 Å². The van der Waals surface area contributed by atoms with Crippen LogP contribution >= 0.6 is 0 Å². The summed E-state index contributed by atoms with van der Waals surface area (Å²) in [6, 6.07) is 18.6. The minimum Gasteiger partial charge on any atom is -0.480 e. The fourth-order valence-electron chi connectivity index (χ4n) is 5.10. The summed E-state index contributed by atoms with van der Waals surface area (Å²) >= 11 is 0. The largest absolute Gasteiger partial charge is 0.480 e. The molecule has 0 unspecified atom stereocenters. The normalized spacial score (nSPS) is 16.8. The number of rotatable bonds is 5. The number of hydrogen-bond donors (Lipinski definition) is 1. The summed E-state index contributed by atoms with van der Waals surface area (Å²) in [6.07, 6.45) is 6.95. The highest BCUT2D eigenvalue weighted by molar-refractivity contribution is 5.77. The monoisotopic (exact) mass is 439 g/mol. The Morgan fingerprint density at radius 1 is 1.03 bits per heavy atom. The molecular formula is C28H29N3O2. The van der Waals surface area contributed by atoms with Crippen molar-refractivity contribution in [3.8, 4) is 22.4 Å². The molecule has 168 valence electrons. The van der Waals surface area contributed by atoms with Gasteiger partial charge in [-0.25, -0.2) is 4.98 Å². The highest BCUT2D eigenvalue weighted by atomic mass is 16.4. The van der Waals surface area contributed by atoms with Crippen LogP contribution in [0.25, 0.3) is 28.0 Å². The van der Waals surface area contributed by atoms with Crippen LogP contribution in [0.5, 0.6) is 0 Å². The predicted octanol–water partition coefficient (Wildman–Crippen LogP) is 5.72. The van der Waals surface area contributed by atoms with Crippen molar-refractivity contribution in [1.29, 1.82) is 0 Å². The lowest BCUT2D eigenvalue weighted by molar-refractivity contribution is -0.144. The van der Waals surface area contributed by atoms with E-state index in [-0.39, 0.29) is 0 Å². The lowest BCUT2D eigenvalue weighted by Gasteiger charge is -2.32. The van der Waals surface area contributed by atoms with Crippen molar-refractivity contribution in [3.63, 3.8) is 0 Å². The Hall–Kier alpha value is -3.44. The third kappa shape index (κ3) is 4.16. The molecule has 5 nitrogen and oxygen atoms in total. The lowest BCUT2D eigenvalue weighted by atomic mass is 9.95. The highest BCUT2D eigenvalue weighted by Gasteiger charge is 2.28. The summed E-state index contributed by atoms with van der Waals surface area (Å²) in [5.41, 5.74) is 8.86. The average molecular weight is 440 g/mol. The van der Waals surface area contributed by atoms with Gasteiger partial charge in [-0.05, 0) is 67.1 Å². The molecule has 3 heterocycles. The third-order valence-electron chi connectivity index (χ3n) is 6.77. The van der Waals surface area contributed by atoms with Crippen molar-refractivity contribution in [3.05, 3.63) is 83.7 Å². The van der Waals surface area contributed by atoms with Crippen LogP contribution in [-0.4, -0.2) is 37.9 Å². The number of piperidine rings is 1. The first-order chi connectivity index (χ1) is 16.0. The number of carbonyl (C=O) groups is 1. The Bertz CT molecular complexity index is 1310. The van der Waals surface area contributed by atoms with Crippen molar-refractivity contribution < 1.29 is 9.90 Å². The van der Waals surface area contributed by atoms with Gasteiger partial charge in [-0.3, -0.25) is 9.69 Å². The number of carboxylic acid groups (broad SMARTS) is 1. The van der Waals surface area contributed by atoms with Gasteiger partial charge in [0.2, 0.25) is 0 Å². The number of fused-ring (bicyclic) bond motifs is 1. The van der Waals surface area contributed by atoms with E-state index in [0.717, 1.165) is 53.8 Å². The molecule has 2 aromatic carbocycles. The first-order valence-corrected chi connectivity index (χ1v) is 11.6. The number of aryl methyl sites for hydroxylation is 1. The number of likely N-dealkylation sites (tertiary alicyclic amines) is 1. The number of pyridine rings is 1. The molecular weight excluding hydrogens is 410 g/mol. The molecule has 1 aliphatic heterocycles. The second-order valence-electron chi connectivity index (χ2n) is 9.05. The standard InChI is InChI=1S/C28H29N3O2/c1-19-15-21(16-30-14-7-6-13-26(30)28(32)33)17-31-18-25(29-27(19)31)24-12-8-11-23(20(24)2)22-9-4-3-5-10-22/h3-5,8-12,15,17-18,26H,6-7,13-14,16H2,1-2H3,(H,32,33)/t26-/m0/s1. The first-order valence-electron chi connectivity index (χ1n) is 11.6. The van der Waals surface area contributed by atoms with Crippen LogP contribution < -0.4 is 0 Å². The Balaban J connectivity index is 1.50. The quantitative estimate of drug-likeness (QED) is 0.432. The second kappa shape index (κ2) is 8.83. The van der Waals surface area contributed by atoms with Crippen LogP contribution in [0.3, 0.4) is 0 Å². The molecule has 1 atom stereocenters. The van der Waals surface area contributed by atoms with Gasteiger partial charge in [-0.15, -0.1) is 0 Å². The van der Waals surface area contributed by atoms with E-state index >= 15 is 0 Å². The number of benzene rings is 2. The fraction of sp³-hybridized carbons (Fsp3) is 0.286. The molecule has 0 saturated carbocycles. The molecule has 1 fully saturated rings. The Morgan fingerprint density at radius 2 is 1.82 bits per heavy atom. The zero-order chi connectivity index (χ0) is 22.9. The molecule has 2 aromatic heterocycles. The van der Waals surface area contributed by atoms with Gasteiger partial charge in [-0.1, -0.05) is 55.0 Å². The molecule has 33 heavy (non-hydrogen) atoms. The maximum atomic E-state index is 11.7. The van der Waals surface area contributed by atoms with Gasteiger partial charge in [0.15, 0.2) is 0 Å². The van der Waals surface area contributed by atoms with Crippen molar-refractivity contribution in [2.75, 3.05) is 6.54 Å². The molecule has 5 rings (SSSR count). The van der Waals surface area contributed by atoms with E-state index in [1.165, 1.54) is 16.7 Å². The molecule has 1 N–H and O–H groups in total. The van der Waals surface area contributed by atoms with E-state index in [9.17, 15) is 9.90 Å². The van der Waals surface area contributed by atoms with Crippen LogP contribution in [0.15, 0.2) is 67.0 Å². The number of imidazole rings is 1. The van der Waals surface area contributed by atoms with E-state index < -0.39 is 12.0 Å². The van der Waals surface area contributed by atoms with E-state index in [2.05, 4.69) is 84.1 Å². The van der Waals surface area contributed by atoms with Crippen molar-refractivity contribution in [1.82, 2.24) is 14.3 Å². The van der Waals surface area contributed by atoms with Gasteiger partial charge >= 0.3 is 5.97 Å². The minimum atomic E-state index is -0.716. The van der Waals surface area contributed by atoms with Gasteiger partial charge < -0.3 is 9.51 Å². The lowest BCUT2D eigenvalue weighted by Crippen LogP contribution is -2.44. The van der Waals surface area contributed by atoms with E-state index in [4.69, 9.17) is 4.98 Å². The molecule has 5 heteroatoms. The van der Waals surface area contributed by atoms with Crippen LogP contribution in [0.4, 0.5) is 0 Å². The molecule has 0 spiro atoms. The number of nitrogens with zero attached hydrogens (tertiary/aromatic N) is 3.